The average Bonchev–Trinajstić information content (AvgIpc) is 2.47. The van der Waals surface area contributed by atoms with E-state index in [2.05, 4.69) is 57.2 Å². The summed E-state index contributed by atoms with van der Waals surface area (Å²) < 4.78 is 2.23. The number of nitrogens with two attached hydrogens (primary N) is 1. The molecule has 0 amide bonds. The maximum absolute atomic E-state index is 5.58. The van der Waals surface area contributed by atoms with Gasteiger partial charge in [-0.3, -0.25) is 11.3 Å². The Labute approximate surface area is 112 Å². The number of hydrogen-bond donors (Lipinski definition) is 2. The number of halogens is 2. The van der Waals surface area contributed by atoms with Gasteiger partial charge < -0.3 is 0 Å². The second-order valence-corrected chi connectivity index (χ2v) is 7.22. The minimum atomic E-state index is 0.264. The third kappa shape index (κ3) is 4.15. The summed E-state index contributed by atoms with van der Waals surface area (Å²) in [6.07, 6.45) is 2.26. The van der Waals surface area contributed by atoms with Crippen molar-refractivity contribution in [3.05, 3.63) is 19.2 Å². The van der Waals surface area contributed by atoms with E-state index >= 15 is 0 Å². The smallest absolute Gasteiger partial charge is 0.0843 e. The van der Waals surface area contributed by atoms with E-state index in [4.69, 9.17) is 5.84 Å². The Hall–Kier alpha value is 0.580. The molecule has 0 saturated carbocycles. The second-order valence-electron chi connectivity index (χ2n) is 3.96. The first-order valence-electron chi connectivity index (χ1n) is 4.95. The van der Waals surface area contributed by atoms with Gasteiger partial charge >= 0.3 is 0 Å². The van der Waals surface area contributed by atoms with Crippen LogP contribution < -0.4 is 11.3 Å². The molecule has 0 bridgehead atoms. The van der Waals surface area contributed by atoms with Crippen molar-refractivity contribution in [2.24, 2.45) is 11.8 Å². The highest BCUT2D eigenvalue weighted by atomic mass is 79.9. The van der Waals surface area contributed by atoms with E-state index in [0.29, 0.717) is 5.92 Å². The molecule has 0 radical (unpaired) electrons. The Kier molecular flexibility index (Phi) is 5.77. The van der Waals surface area contributed by atoms with Gasteiger partial charge in [-0.05, 0) is 56.7 Å². The molecule has 0 fully saturated rings. The fraction of sp³-hybridized carbons (Fsp3) is 0.600. The number of hydrogen-bond acceptors (Lipinski definition) is 3. The Balaban J connectivity index is 2.65. The summed E-state index contributed by atoms with van der Waals surface area (Å²) in [5.41, 5.74) is 2.88. The standard InChI is InChI=1S/C10H16Br2N2S/c1-6(2)3-4-8(14-13)9-5-7(11)10(12)15-9/h5-6,8,14H,3-4,13H2,1-2H3. The van der Waals surface area contributed by atoms with Crippen LogP contribution >= 0.6 is 43.2 Å². The van der Waals surface area contributed by atoms with Gasteiger partial charge in [-0.2, -0.15) is 0 Å². The van der Waals surface area contributed by atoms with Crippen LogP contribution in [0, 0.1) is 5.92 Å². The number of rotatable bonds is 5. The molecule has 0 aliphatic carbocycles. The largest absolute Gasteiger partial charge is 0.271 e. The quantitative estimate of drug-likeness (QED) is 0.613. The van der Waals surface area contributed by atoms with Crippen LogP contribution in [0.2, 0.25) is 0 Å². The molecule has 0 saturated heterocycles. The van der Waals surface area contributed by atoms with E-state index in [1.165, 1.54) is 11.3 Å². The minimum absolute atomic E-state index is 0.264. The summed E-state index contributed by atoms with van der Waals surface area (Å²) in [7, 11) is 0. The molecule has 1 atom stereocenters. The first-order chi connectivity index (χ1) is 7.04. The number of nitrogens with one attached hydrogen (secondary N) is 1. The van der Waals surface area contributed by atoms with Gasteiger partial charge in [-0.25, -0.2) is 0 Å². The zero-order chi connectivity index (χ0) is 11.4. The predicted molar refractivity (Wildman–Crippen MR) is 73.9 cm³/mol. The van der Waals surface area contributed by atoms with Crippen molar-refractivity contribution in [3.63, 3.8) is 0 Å². The van der Waals surface area contributed by atoms with Crippen LogP contribution in [0.1, 0.15) is 37.6 Å². The zero-order valence-corrected chi connectivity index (χ0v) is 12.9. The molecule has 3 N–H and O–H groups in total. The molecular weight excluding hydrogens is 340 g/mol. The van der Waals surface area contributed by atoms with E-state index in [1.807, 2.05) is 0 Å². The molecule has 2 nitrogen and oxygen atoms in total. The van der Waals surface area contributed by atoms with Gasteiger partial charge in [0.15, 0.2) is 0 Å². The van der Waals surface area contributed by atoms with Crippen LogP contribution in [0.4, 0.5) is 0 Å². The molecule has 15 heavy (non-hydrogen) atoms. The lowest BCUT2D eigenvalue weighted by Gasteiger charge is -2.15. The van der Waals surface area contributed by atoms with Crippen molar-refractivity contribution >= 4 is 43.2 Å². The van der Waals surface area contributed by atoms with Crippen LogP contribution in [-0.2, 0) is 0 Å². The van der Waals surface area contributed by atoms with Gasteiger partial charge in [0.2, 0.25) is 0 Å². The van der Waals surface area contributed by atoms with Gasteiger partial charge in [0, 0.05) is 9.35 Å². The Morgan fingerprint density at radius 2 is 2.07 bits per heavy atom. The molecule has 86 valence electrons. The van der Waals surface area contributed by atoms with Crippen LogP contribution in [-0.4, -0.2) is 0 Å². The number of hydrazine groups is 1. The van der Waals surface area contributed by atoms with Crippen molar-refractivity contribution in [3.8, 4) is 0 Å². The van der Waals surface area contributed by atoms with Gasteiger partial charge in [-0.1, -0.05) is 13.8 Å². The van der Waals surface area contributed by atoms with E-state index in [1.54, 1.807) is 11.3 Å². The minimum Gasteiger partial charge on any atom is -0.271 e. The van der Waals surface area contributed by atoms with Crippen molar-refractivity contribution in [2.75, 3.05) is 0 Å². The third-order valence-electron chi connectivity index (χ3n) is 2.24. The van der Waals surface area contributed by atoms with Crippen LogP contribution in [0.5, 0.6) is 0 Å². The summed E-state index contributed by atoms with van der Waals surface area (Å²) in [6, 6.07) is 2.39. The molecule has 1 heterocycles. The summed E-state index contributed by atoms with van der Waals surface area (Å²) in [6.45, 7) is 4.46. The summed E-state index contributed by atoms with van der Waals surface area (Å²) in [5, 5.41) is 0. The van der Waals surface area contributed by atoms with Crippen LogP contribution in [0.25, 0.3) is 0 Å². The van der Waals surface area contributed by atoms with Crippen molar-refractivity contribution < 1.29 is 0 Å². The lowest BCUT2D eigenvalue weighted by molar-refractivity contribution is 0.453. The SMILES string of the molecule is CC(C)CCC(NN)c1cc(Br)c(Br)s1. The van der Waals surface area contributed by atoms with Crippen LogP contribution in [0.15, 0.2) is 14.3 Å². The zero-order valence-electron chi connectivity index (χ0n) is 8.89. The highest BCUT2D eigenvalue weighted by molar-refractivity contribution is 9.13. The molecular formula is C10H16Br2N2S. The monoisotopic (exact) mass is 354 g/mol. The van der Waals surface area contributed by atoms with Gasteiger partial charge in [0.25, 0.3) is 0 Å². The van der Waals surface area contributed by atoms with Crippen molar-refractivity contribution in [2.45, 2.75) is 32.7 Å². The Morgan fingerprint density at radius 1 is 1.40 bits per heavy atom. The summed E-state index contributed by atoms with van der Waals surface area (Å²) in [5.74, 6) is 6.29. The molecule has 1 aromatic rings. The van der Waals surface area contributed by atoms with E-state index in [9.17, 15) is 0 Å². The second kappa shape index (κ2) is 6.35. The molecule has 1 aromatic heterocycles. The molecule has 0 aliphatic rings. The molecule has 0 spiro atoms. The lowest BCUT2D eigenvalue weighted by Crippen LogP contribution is -2.27. The van der Waals surface area contributed by atoms with E-state index in [-0.39, 0.29) is 6.04 Å². The number of thiophene rings is 1. The molecule has 0 aromatic carbocycles. The lowest BCUT2D eigenvalue weighted by atomic mass is 10.0. The summed E-state index contributed by atoms with van der Waals surface area (Å²) in [4.78, 5) is 1.27. The highest BCUT2D eigenvalue weighted by Gasteiger charge is 2.14. The van der Waals surface area contributed by atoms with Crippen molar-refractivity contribution in [1.29, 1.82) is 0 Å². The van der Waals surface area contributed by atoms with Crippen LogP contribution in [0.3, 0.4) is 0 Å². The first kappa shape index (κ1) is 13.6. The molecule has 1 rings (SSSR count). The van der Waals surface area contributed by atoms with E-state index < -0.39 is 0 Å². The normalized spacial score (nSPS) is 13.5. The fourth-order valence-electron chi connectivity index (χ4n) is 1.34. The third-order valence-corrected chi connectivity index (χ3v) is 5.61. The van der Waals surface area contributed by atoms with Gasteiger partial charge in [0.05, 0.1) is 9.83 Å². The maximum atomic E-state index is 5.58. The predicted octanol–water partition coefficient (Wildman–Crippen LogP) is 4.21. The summed E-state index contributed by atoms with van der Waals surface area (Å²) >= 11 is 8.71. The van der Waals surface area contributed by atoms with Crippen molar-refractivity contribution in [1.82, 2.24) is 5.43 Å². The van der Waals surface area contributed by atoms with Gasteiger partial charge in [0.1, 0.15) is 0 Å². The molecule has 0 aliphatic heterocycles. The van der Waals surface area contributed by atoms with E-state index in [0.717, 1.165) is 14.7 Å². The maximum Gasteiger partial charge on any atom is 0.0843 e. The Morgan fingerprint density at radius 3 is 2.47 bits per heavy atom. The topological polar surface area (TPSA) is 38.0 Å². The Bertz CT molecular complexity index is 293. The molecule has 5 heteroatoms. The highest BCUT2D eigenvalue weighted by Crippen LogP contribution is 2.36. The fourth-order valence-corrected chi connectivity index (χ4v) is 3.53. The van der Waals surface area contributed by atoms with Gasteiger partial charge in [-0.15, -0.1) is 11.3 Å². The first-order valence-corrected chi connectivity index (χ1v) is 7.35. The molecule has 1 unspecified atom stereocenters. The average molecular weight is 356 g/mol.